The summed E-state index contributed by atoms with van der Waals surface area (Å²) in [6.07, 6.45) is 2.49. The fourth-order valence-corrected chi connectivity index (χ4v) is 3.67. The zero-order chi connectivity index (χ0) is 21.6. The second-order valence-corrected chi connectivity index (χ2v) is 7.32. The van der Waals surface area contributed by atoms with Crippen LogP contribution in [0, 0.1) is 11.6 Å². The van der Waals surface area contributed by atoms with Gasteiger partial charge in [-0.05, 0) is 37.6 Å². The molecule has 0 bridgehead atoms. The van der Waals surface area contributed by atoms with Crippen molar-refractivity contribution in [2.45, 2.75) is 25.9 Å². The van der Waals surface area contributed by atoms with Crippen LogP contribution in [0.1, 0.15) is 19.2 Å². The number of hydrogen-bond acceptors (Lipinski definition) is 4. The molecule has 1 fully saturated rings. The van der Waals surface area contributed by atoms with Gasteiger partial charge in [0.1, 0.15) is 24.5 Å². The summed E-state index contributed by atoms with van der Waals surface area (Å²) in [5, 5.41) is 14.9. The number of anilines is 1. The van der Waals surface area contributed by atoms with Crippen LogP contribution in [-0.2, 0) is 6.54 Å². The largest absolute Gasteiger partial charge is 0.367 e. The molecule has 31 heavy (non-hydrogen) atoms. The first-order valence-corrected chi connectivity index (χ1v) is 10.3. The van der Waals surface area contributed by atoms with E-state index in [-0.39, 0.29) is 6.04 Å². The maximum atomic E-state index is 14.1. The molecule has 1 atom stereocenters. The van der Waals surface area contributed by atoms with E-state index in [1.165, 1.54) is 12.1 Å². The van der Waals surface area contributed by atoms with E-state index in [1.807, 2.05) is 46.7 Å². The molecule has 2 N–H and O–H groups in total. The molecule has 7 nitrogen and oxygen atoms in total. The molecule has 2 heterocycles. The minimum atomic E-state index is -0.569. The summed E-state index contributed by atoms with van der Waals surface area (Å²) >= 11 is 0. The standard InChI is InChI=1S/C22H25F2N7/c1-2-25-22(26-13-21-29-27-15-31(21)18-6-4-3-5-7-18)28-17-10-11-30(14-17)20-9-8-16(23)12-19(20)24/h3-9,12,15,17H,2,10-11,13-14H2,1H3,(H2,25,26,28). The summed E-state index contributed by atoms with van der Waals surface area (Å²) in [6, 6.07) is 13.6. The van der Waals surface area contributed by atoms with E-state index in [0.29, 0.717) is 37.8 Å². The monoisotopic (exact) mass is 425 g/mol. The van der Waals surface area contributed by atoms with Gasteiger partial charge in [-0.25, -0.2) is 13.8 Å². The highest BCUT2D eigenvalue weighted by molar-refractivity contribution is 5.80. The fraction of sp³-hybridized carbons (Fsp3) is 0.318. The molecule has 0 radical (unpaired) electrons. The zero-order valence-corrected chi connectivity index (χ0v) is 17.3. The summed E-state index contributed by atoms with van der Waals surface area (Å²) in [5.41, 5.74) is 1.40. The van der Waals surface area contributed by atoms with Gasteiger partial charge in [0.2, 0.25) is 0 Å². The average Bonchev–Trinajstić information content (AvgIpc) is 3.42. The van der Waals surface area contributed by atoms with Crippen molar-refractivity contribution < 1.29 is 8.78 Å². The van der Waals surface area contributed by atoms with E-state index in [0.717, 1.165) is 24.0 Å². The molecule has 1 saturated heterocycles. The second kappa shape index (κ2) is 9.55. The number of hydrogen-bond donors (Lipinski definition) is 2. The Morgan fingerprint density at radius 2 is 2.03 bits per heavy atom. The quantitative estimate of drug-likeness (QED) is 0.470. The van der Waals surface area contributed by atoms with Gasteiger partial charge in [0.05, 0.1) is 5.69 Å². The number of guanidine groups is 1. The van der Waals surface area contributed by atoms with Gasteiger partial charge in [-0.2, -0.15) is 0 Å². The van der Waals surface area contributed by atoms with Crippen LogP contribution in [0.25, 0.3) is 5.69 Å². The molecule has 3 aromatic rings. The van der Waals surface area contributed by atoms with Crippen LogP contribution in [0.15, 0.2) is 59.9 Å². The number of benzene rings is 2. The lowest BCUT2D eigenvalue weighted by atomic mass is 10.2. The lowest BCUT2D eigenvalue weighted by molar-refractivity contribution is 0.580. The van der Waals surface area contributed by atoms with Crippen molar-refractivity contribution in [3.63, 3.8) is 0 Å². The third-order valence-electron chi connectivity index (χ3n) is 5.16. The van der Waals surface area contributed by atoms with Crippen molar-refractivity contribution in [1.82, 2.24) is 25.4 Å². The van der Waals surface area contributed by atoms with Crippen molar-refractivity contribution in [2.24, 2.45) is 4.99 Å². The van der Waals surface area contributed by atoms with Gasteiger partial charge < -0.3 is 15.5 Å². The normalized spacial score (nSPS) is 16.5. The van der Waals surface area contributed by atoms with E-state index >= 15 is 0 Å². The van der Waals surface area contributed by atoms with Crippen molar-refractivity contribution in [3.05, 3.63) is 72.3 Å². The minimum Gasteiger partial charge on any atom is -0.367 e. The zero-order valence-electron chi connectivity index (χ0n) is 17.3. The van der Waals surface area contributed by atoms with Crippen molar-refractivity contribution in [3.8, 4) is 5.69 Å². The molecule has 1 aliphatic heterocycles. The van der Waals surface area contributed by atoms with Crippen molar-refractivity contribution in [2.75, 3.05) is 24.5 Å². The molecular weight excluding hydrogens is 400 g/mol. The number of para-hydroxylation sites is 1. The molecule has 0 saturated carbocycles. The number of nitrogens with zero attached hydrogens (tertiary/aromatic N) is 5. The first-order chi connectivity index (χ1) is 15.1. The molecule has 0 aliphatic carbocycles. The maximum absolute atomic E-state index is 14.1. The topological polar surface area (TPSA) is 70.4 Å². The molecule has 0 amide bonds. The number of aromatic nitrogens is 3. The number of aliphatic imine (C=N–C) groups is 1. The average molecular weight is 425 g/mol. The highest BCUT2D eigenvalue weighted by atomic mass is 19.1. The van der Waals surface area contributed by atoms with Gasteiger partial charge in [-0.15, -0.1) is 10.2 Å². The second-order valence-electron chi connectivity index (χ2n) is 7.32. The lowest BCUT2D eigenvalue weighted by Crippen LogP contribution is -2.44. The Kier molecular flexibility index (Phi) is 6.40. The third-order valence-corrected chi connectivity index (χ3v) is 5.16. The number of rotatable bonds is 6. The molecule has 1 aliphatic rings. The molecule has 9 heteroatoms. The predicted molar refractivity (Wildman–Crippen MR) is 116 cm³/mol. The van der Waals surface area contributed by atoms with Crippen molar-refractivity contribution in [1.29, 1.82) is 0 Å². The third kappa shape index (κ3) is 4.99. The highest BCUT2D eigenvalue weighted by Gasteiger charge is 2.25. The van der Waals surface area contributed by atoms with Gasteiger partial charge in [0, 0.05) is 37.4 Å². The Balaban J connectivity index is 1.42. The van der Waals surface area contributed by atoms with Crippen LogP contribution < -0.4 is 15.5 Å². The van der Waals surface area contributed by atoms with E-state index < -0.39 is 11.6 Å². The van der Waals surface area contributed by atoms with Gasteiger partial charge in [0.25, 0.3) is 0 Å². The molecule has 4 rings (SSSR count). The minimum absolute atomic E-state index is 0.0919. The Morgan fingerprint density at radius 3 is 2.81 bits per heavy atom. The fourth-order valence-electron chi connectivity index (χ4n) is 3.67. The van der Waals surface area contributed by atoms with E-state index in [4.69, 9.17) is 0 Å². The SMILES string of the molecule is CCNC(=NCc1nncn1-c1ccccc1)NC1CCN(c2ccc(F)cc2F)C1. The van der Waals surface area contributed by atoms with Crippen LogP contribution in [0.5, 0.6) is 0 Å². The first-order valence-electron chi connectivity index (χ1n) is 10.3. The Bertz CT molecular complexity index is 1040. The first kappa shape index (κ1) is 20.8. The van der Waals surface area contributed by atoms with Gasteiger partial charge in [0.15, 0.2) is 11.8 Å². The van der Waals surface area contributed by atoms with E-state index in [2.05, 4.69) is 25.8 Å². The maximum Gasteiger partial charge on any atom is 0.191 e. The number of halogens is 2. The van der Waals surface area contributed by atoms with Crippen LogP contribution >= 0.6 is 0 Å². The molecule has 1 aromatic heterocycles. The summed E-state index contributed by atoms with van der Waals surface area (Å²) < 4.78 is 29.2. The number of nitrogens with one attached hydrogen (secondary N) is 2. The van der Waals surface area contributed by atoms with Crippen molar-refractivity contribution >= 4 is 11.6 Å². The Labute approximate surface area is 179 Å². The van der Waals surface area contributed by atoms with Gasteiger partial charge in [-0.3, -0.25) is 4.57 Å². The van der Waals surface area contributed by atoms with Crippen LogP contribution in [-0.4, -0.2) is 46.4 Å². The highest BCUT2D eigenvalue weighted by Crippen LogP contribution is 2.24. The van der Waals surface area contributed by atoms with Gasteiger partial charge in [-0.1, -0.05) is 18.2 Å². The van der Waals surface area contributed by atoms with Gasteiger partial charge >= 0.3 is 0 Å². The molecule has 162 valence electrons. The Morgan fingerprint density at radius 1 is 1.19 bits per heavy atom. The molecular formula is C22H25F2N7. The summed E-state index contributed by atoms with van der Waals surface area (Å²) in [4.78, 5) is 6.58. The van der Waals surface area contributed by atoms with Crippen LogP contribution in [0.4, 0.5) is 14.5 Å². The Hall–Kier alpha value is -3.49. The van der Waals surface area contributed by atoms with E-state index in [1.54, 1.807) is 6.33 Å². The molecule has 0 spiro atoms. The summed E-state index contributed by atoms with van der Waals surface area (Å²) in [7, 11) is 0. The molecule has 1 unspecified atom stereocenters. The van der Waals surface area contributed by atoms with E-state index in [9.17, 15) is 8.78 Å². The summed E-state index contributed by atoms with van der Waals surface area (Å²) in [6.45, 7) is 4.35. The summed E-state index contributed by atoms with van der Waals surface area (Å²) in [5.74, 6) is 0.280. The lowest BCUT2D eigenvalue weighted by Gasteiger charge is -2.21. The van der Waals surface area contributed by atoms with Crippen LogP contribution in [0.3, 0.4) is 0 Å². The molecule has 2 aromatic carbocycles. The van der Waals surface area contributed by atoms with Crippen LogP contribution in [0.2, 0.25) is 0 Å². The smallest absolute Gasteiger partial charge is 0.191 e. The predicted octanol–water partition coefficient (Wildman–Crippen LogP) is 2.88.